The number of benzene rings is 2. The first-order valence-corrected chi connectivity index (χ1v) is 8.61. The number of nitrogens with zero attached hydrogens (tertiary/aromatic N) is 2. The Morgan fingerprint density at radius 1 is 1.11 bits per heavy atom. The van der Waals surface area contributed by atoms with Gasteiger partial charge in [-0.3, -0.25) is 4.79 Å². The monoisotopic (exact) mass is 409 g/mol. The van der Waals surface area contributed by atoms with Gasteiger partial charge in [0.15, 0.2) is 5.69 Å². The first-order valence-electron chi connectivity index (χ1n) is 8.23. The van der Waals surface area contributed by atoms with Gasteiger partial charge < -0.3 is 10.1 Å². The van der Waals surface area contributed by atoms with Crippen LogP contribution in [0.15, 0.2) is 60.8 Å². The second-order valence-electron chi connectivity index (χ2n) is 5.71. The number of carbonyl (C=O) groups is 1. The van der Waals surface area contributed by atoms with Gasteiger partial charge >= 0.3 is 6.18 Å². The summed E-state index contributed by atoms with van der Waals surface area (Å²) in [6.45, 7) is 0.152. The highest BCUT2D eigenvalue weighted by molar-refractivity contribution is 6.30. The van der Waals surface area contributed by atoms with E-state index in [1.165, 1.54) is 24.3 Å². The lowest BCUT2D eigenvalue weighted by Crippen LogP contribution is -2.30. The van der Waals surface area contributed by atoms with Crippen LogP contribution in [-0.4, -0.2) is 28.8 Å². The van der Waals surface area contributed by atoms with E-state index in [2.05, 4.69) is 10.4 Å². The summed E-state index contributed by atoms with van der Waals surface area (Å²) in [6, 6.07) is 14.5. The molecule has 0 bridgehead atoms. The number of carbonyl (C=O) groups excluding carboxylic acids is 1. The fourth-order valence-electron chi connectivity index (χ4n) is 2.51. The van der Waals surface area contributed by atoms with E-state index in [-0.39, 0.29) is 18.8 Å². The summed E-state index contributed by atoms with van der Waals surface area (Å²) in [5, 5.41) is 6.53. The Morgan fingerprint density at radius 3 is 2.43 bits per heavy atom. The van der Waals surface area contributed by atoms with Crippen LogP contribution in [0.5, 0.6) is 5.75 Å². The minimum atomic E-state index is -4.77. The molecule has 5 nitrogen and oxygen atoms in total. The van der Waals surface area contributed by atoms with Crippen molar-refractivity contribution in [3.8, 4) is 11.4 Å². The van der Waals surface area contributed by atoms with Crippen LogP contribution in [0.1, 0.15) is 16.1 Å². The van der Waals surface area contributed by atoms with Gasteiger partial charge in [-0.25, -0.2) is 4.68 Å². The Morgan fingerprint density at radius 2 is 1.79 bits per heavy atom. The quantitative estimate of drug-likeness (QED) is 0.616. The smallest absolute Gasteiger partial charge is 0.434 e. The summed E-state index contributed by atoms with van der Waals surface area (Å²) in [7, 11) is 0. The molecular formula is C19H15ClF3N3O2. The van der Waals surface area contributed by atoms with Crippen molar-refractivity contribution in [1.82, 2.24) is 15.1 Å². The molecule has 1 heterocycles. The molecule has 2 aromatic carbocycles. The highest BCUT2D eigenvalue weighted by Gasteiger charge is 2.40. The maximum absolute atomic E-state index is 13.6. The predicted octanol–water partition coefficient (Wildman–Crippen LogP) is 4.35. The molecular weight excluding hydrogens is 395 g/mol. The molecule has 0 unspecified atom stereocenters. The van der Waals surface area contributed by atoms with Gasteiger partial charge in [-0.15, -0.1) is 0 Å². The number of para-hydroxylation sites is 1. The van der Waals surface area contributed by atoms with Crippen LogP contribution in [0.4, 0.5) is 13.2 Å². The summed E-state index contributed by atoms with van der Waals surface area (Å²) in [5.74, 6) is -0.285. The average Bonchev–Trinajstić information content (AvgIpc) is 3.12. The highest BCUT2D eigenvalue weighted by Crippen LogP contribution is 2.33. The molecule has 3 rings (SSSR count). The Hall–Kier alpha value is -3.00. The van der Waals surface area contributed by atoms with Crippen LogP contribution in [0.3, 0.4) is 0 Å². The summed E-state index contributed by atoms with van der Waals surface area (Å²) < 4.78 is 46.8. The molecule has 0 atom stereocenters. The number of nitrogens with one attached hydrogen (secondary N) is 1. The topological polar surface area (TPSA) is 56.1 Å². The molecule has 146 valence electrons. The Bertz CT molecular complexity index is 941. The molecule has 0 radical (unpaired) electrons. The van der Waals surface area contributed by atoms with E-state index in [1.807, 2.05) is 6.07 Å². The first kappa shape index (κ1) is 19.8. The number of rotatable bonds is 6. The molecule has 28 heavy (non-hydrogen) atoms. The van der Waals surface area contributed by atoms with Crippen molar-refractivity contribution in [2.24, 2.45) is 0 Å². The molecule has 0 spiro atoms. The molecule has 1 amide bonds. The van der Waals surface area contributed by atoms with Gasteiger partial charge in [-0.2, -0.15) is 18.3 Å². The largest absolute Gasteiger partial charge is 0.492 e. The number of halogens is 4. The van der Waals surface area contributed by atoms with Crippen LogP contribution >= 0.6 is 11.6 Å². The third kappa shape index (κ3) is 4.64. The van der Waals surface area contributed by atoms with E-state index >= 15 is 0 Å². The standard InChI is InChI=1S/C19H15ClF3N3O2/c20-13-6-8-14(9-7-13)26-17(19(21,22)23)16(12-25-26)18(27)24-10-11-28-15-4-2-1-3-5-15/h1-9,12H,10-11H2,(H,24,27). The maximum atomic E-state index is 13.6. The number of hydrogen-bond donors (Lipinski definition) is 1. The SMILES string of the molecule is O=C(NCCOc1ccccc1)c1cnn(-c2ccc(Cl)cc2)c1C(F)(F)F. The van der Waals surface area contributed by atoms with Crippen molar-refractivity contribution in [1.29, 1.82) is 0 Å². The van der Waals surface area contributed by atoms with Crippen molar-refractivity contribution in [3.05, 3.63) is 77.1 Å². The number of alkyl halides is 3. The zero-order valence-corrected chi connectivity index (χ0v) is 15.2. The number of amides is 1. The van der Waals surface area contributed by atoms with E-state index in [9.17, 15) is 18.0 Å². The van der Waals surface area contributed by atoms with Crippen LogP contribution in [0.25, 0.3) is 5.69 Å². The molecule has 3 aromatic rings. The number of hydrogen-bond acceptors (Lipinski definition) is 3. The molecule has 0 saturated heterocycles. The van der Waals surface area contributed by atoms with Gasteiger partial charge in [-0.1, -0.05) is 29.8 Å². The van der Waals surface area contributed by atoms with Gasteiger partial charge in [0.25, 0.3) is 5.91 Å². The summed E-state index contributed by atoms with van der Waals surface area (Å²) in [5.41, 5.74) is -1.58. The van der Waals surface area contributed by atoms with E-state index in [0.717, 1.165) is 6.20 Å². The summed E-state index contributed by atoms with van der Waals surface area (Å²) in [6.07, 6.45) is -3.88. The average molecular weight is 410 g/mol. The molecule has 9 heteroatoms. The lowest BCUT2D eigenvalue weighted by Gasteiger charge is -2.13. The van der Waals surface area contributed by atoms with Gasteiger partial charge in [0.05, 0.1) is 24.0 Å². The van der Waals surface area contributed by atoms with Crippen LogP contribution in [0, 0.1) is 0 Å². The molecule has 0 aliphatic rings. The van der Waals surface area contributed by atoms with Crippen molar-refractivity contribution >= 4 is 17.5 Å². The van der Waals surface area contributed by atoms with Crippen molar-refractivity contribution in [2.75, 3.05) is 13.2 Å². The fraction of sp³-hybridized carbons (Fsp3) is 0.158. The third-order valence-corrected chi connectivity index (χ3v) is 4.01. The van der Waals surface area contributed by atoms with Crippen molar-refractivity contribution in [2.45, 2.75) is 6.18 Å². The lowest BCUT2D eigenvalue weighted by atomic mass is 10.2. The van der Waals surface area contributed by atoms with E-state index in [4.69, 9.17) is 16.3 Å². The Balaban J connectivity index is 1.73. The Kier molecular flexibility index (Phi) is 5.89. The molecule has 1 N–H and O–H groups in total. The van der Waals surface area contributed by atoms with E-state index in [1.54, 1.807) is 24.3 Å². The number of aromatic nitrogens is 2. The molecule has 1 aromatic heterocycles. The lowest BCUT2D eigenvalue weighted by molar-refractivity contribution is -0.143. The predicted molar refractivity (Wildman–Crippen MR) is 97.8 cm³/mol. The zero-order valence-electron chi connectivity index (χ0n) is 14.4. The van der Waals surface area contributed by atoms with E-state index in [0.29, 0.717) is 15.5 Å². The summed E-state index contributed by atoms with van der Waals surface area (Å²) in [4.78, 5) is 12.3. The second-order valence-corrected chi connectivity index (χ2v) is 6.15. The minimum Gasteiger partial charge on any atom is -0.492 e. The molecule has 0 fully saturated rings. The fourth-order valence-corrected chi connectivity index (χ4v) is 2.64. The van der Waals surface area contributed by atoms with Crippen LogP contribution in [0.2, 0.25) is 5.02 Å². The van der Waals surface area contributed by atoms with Gasteiger partial charge in [0.1, 0.15) is 12.4 Å². The van der Waals surface area contributed by atoms with Gasteiger partial charge in [-0.05, 0) is 36.4 Å². The first-order chi connectivity index (χ1) is 13.4. The normalized spacial score (nSPS) is 11.3. The molecule has 0 aliphatic heterocycles. The number of ether oxygens (including phenoxy) is 1. The molecule has 0 aliphatic carbocycles. The zero-order chi connectivity index (χ0) is 20.1. The maximum Gasteiger partial charge on any atom is 0.434 e. The Labute approximate surface area is 163 Å². The van der Waals surface area contributed by atoms with Crippen molar-refractivity contribution in [3.63, 3.8) is 0 Å². The second kappa shape index (κ2) is 8.35. The van der Waals surface area contributed by atoms with E-state index < -0.39 is 23.3 Å². The molecule has 0 saturated carbocycles. The summed E-state index contributed by atoms with van der Waals surface area (Å²) >= 11 is 5.77. The van der Waals surface area contributed by atoms with Crippen LogP contribution < -0.4 is 10.1 Å². The highest BCUT2D eigenvalue weighted by atomic mass is 35.5. The third-order valence-electron chi connectivity index (χ3n) is 3.75. The van der Waals surface area contributed by atoms with Crippen molar-refractivity contribution < 1.29 is 22.7 Å². The van der Waals surface area contributed by atoms with Crippen LogP contribution in [-0.2, 0) is 6.18 Å². The minimum absolute atomic E-state index is 0.0388. The van der Waals surface area contributed by atoms with Gasteiger partial charge in [0, 0.05) is 5.02 Å². The van der Waals surface area contributed by atoms with Gasteiger partial charge in [0.2, 0.25) is 0 Å².